The van der Waals surface area contributed by atoms with Gasteiger partial charge in [-0.3, -0.25) is 9.69 Å². The Morgan fingerprint density at radius 2 is 2.00 bits per heavy atom. The number of likely N-dealkylation sites (N-methyl/N-ethyl adjacent to an activating group) is 1. The minimum Gasteiger partial charge on any atom is -0.356 e. The molecule has 0 bridgehead atoms. The molecule has 2 heterocycles. The molecule has 1 aliphatic heterocycles. The molecule has 0 aliphatic carbocycles. The molecule has 2 N–H and O–H groups in total. The summed E-state index contributed by atoms with van der Waals surface area (Å²) in [4.78, 5) is 21.3. The molecule has 9 nitrogen and oxygen atoms in total. The van der Waals surface area contributed by atoms with Crippen LogP contribution in [0, 0.1) is 6.92 Å². The molecular formula is C20H38N8O. The Balaban J connectivity index is 1.95. The monoisotopic (exact) mass is 406 g/mol. The van der Waals surface area contributed by atoms with Crippen LogP contribution in [0.5, 0.6) is 0 Å². The van der Waals surface area contributed by atoms with Crippen molar-refractivity contribution in [2.24, 2.45) is 12.0 Å². The highest BCUT2D eigenvalue weighted by atomic mass is 16.2. The number of carbonyl (C=O) groups is 1. The quantitative estimate of drug-likeness (QED) is 0.443. The summed E-state index contributed by atoms with van der Waals surface area (Å²) in [7, 11) is 1.95. The average Bonchev–Trinajstić information content (AvgIpc) is 3.31. The maximum Gasteiger partial charge on any atom is 0.224 e. The van der Waals surface area contributed by atoms with Gasteiger partial charge in [0, 0.05) is 45.7 Å². The van der Waals surface area contributed by atoms with Crippen molar-refractivity contribution >= 4 is 11.9 Å². The second-order valence-electron chi connectivity index (χ2n) is 7.44. The summed E-state index contributed by atoms with van der Waals surface area (Å²) in [5, 5.41) is 15.1. The predicted octanol–water partition coefficient (Wildman–Crippen LogP) is 0.902. The molecule has 1 unspecified atom stereocenters. The molecule has 29 heavy (non-hydrogen) atoms. The van der Waals surface area contributed by atoms with Crippen molar-refractivity contribution in [3.05, 3.63) is 11.6 Å². The van der Waals surface area contributed by atoms with Gasteiger partial charge in [0.15, 0.2) is 11.8 Å². The number of nitrogens with zero attached hydrogens (tertiary/aromatic N) is 6. The second-order valence-corrected chi connectivity index (χ2v) is 7.44. The topological polar surface area (TPSA) is 90.7 Å². The van der Waals surface area contributed by atoms with Gasteiger partial charge < -0.3 is 20.1 Å². The molecule has 0 saturated carbocycles. The third-order valence-electron chi connectivity index (χ3n) is 5.72. The van der Waals surface area contributed by atoms with Crippen molar-refractivity contribution in [3.8, 4) is 0 Å². The van der Waals surface area contributed by atoms with Crippen molar-refractivity contribution in [1.29, 1.82) is 0 Å². The molecule has 164 valence electrons. The Hall–Kier alpha value is -2.16. The van der Waals surface area contributed by atoms with Gasteiger partial charge in [-0.2, -0.15) is 0 Å². The van der Waals surface area contributed by atoms with Gasteiger partial charge in [0.1, 0.15) is 12.4 Å². The summed E-state index contributed by atoms with van der Waals surface area (Å²) >= 11 is 0. The van der Waals surface area contributed by atoms with E-state index < -0.39 is 0 Å². The molecule has 1 aromatic rings. The summed E-state index contributed by atoms with van der Waals surface area (Å²) in [6.07, 6.45) is 2.91. The third kappa shape index (κ3) is 6.69. The lowest BCUT2D eigenvalue weighted by molar-refractivity contribution is -0.130. The second kappa shape index (κ2) is 11.7. The number of amides is 1. The fourth-order valence-corrected chi connectivity index (χ4v) is 3.69. The van der Waals surface area contributed by atoms with Crippen LogP contribution in [0.1, 0.15) is 51.7 Å². The van der Waals surface area contributed by atoms with E-state index in [1.54, 1.807) is 0 Å². The number of hydrogen-bond acceptors (Lipinski definition) is 5. The zero-order valence-corrected chi connectivity index (χ0v) is 18.7. The van der Waals surface area contributed by atoms with Gasteiger partial charge in [-0.15, -0.1) is 10.2 Å². The lowest BCUT2D eigenvalue weighted by Crippen LogP contribution is -2.45. The number of rotatable bonds is 10. The average molecular weight is 407 g/mol. The van der Waals surface area contributed by atoms with Gasteiger partial charge in [0.25, 0.3) is 0 Å². The SMILES string of the molecule is CCN(CC)C(=O)CCNC(=NCc1nnc(C)n1C)NCC1CCCN1CC. The van der Waals surface area contributed by atoms with E-state index in [0.29, 0.717) is 25.6 Å². The Morgan fingerprint density at radius 1 is 1.24 bits per heavy atom. The van der Waals surface area contributed by atoms with Crippen LogP contribution in [0.2, 0.25) is 0 Å². The molecule has 1 saturated heterocycles. The summed E-state index contributed by atoms with van der Waals surface area (Å²) in [5.74, 6) is 2.57. The number of aromatic nitrogens is 3. The first-order valence-electron chi connectivity index (χ1n) is 10.9. The molecule has 0 radical (unpaired) electrons. The normalized spacial score (nSPS) is 17.6. The number of aliphatic imine (C=N–C) groups is 1. The van der Waals surface area contributed by atoms with E-state index >= 15 is 0 Å². The van der Waals surface area contributed by atoms with E-state index in [1.807, 2.05) is 37.3 Å². The first-order valence-corrected chi connectivity index (χ1v) is 10.9. The molecule has 2 rings (SSSR count). The van der Waals surface area contributed by atoms with Crippen LogP contribution in [0.15, 0.2) is 4.99 Å². The number of likely N-dealkylation sites (tertiary alicyclic amines) is 1. The zero-order chi connectivity index (χ0) is 21.2. The van der Waals surface area contributed by atoms with Crippen LogP contribution < -0.4 is 10.6 Å². The lowest BCUT2D eigenvalue weighted by atomic mass is 10.2. The van der Waals surface area contributed by atoms with Gasteiger partial charge in [0.05, 0.1) is 0 Å². The standard InChI is InChI=1S/C20H38N8O/c1-6-27(7-2)19(29)11-12-21-20(22-14-17-10-9-13-28(17)8-3)23-15-18-25-24-16(4)26(18)5/h17H,6-15H2,1-5H3,(H2,21,22,23). The lowest BCUT2D eigenvalue weighted by Gasteiger charge is -2.24. The van der Waals surface area contributed by atoms with Gasteiger partial charge in [0.2, 0.25) is 5.91 Å². The van der Waals surface area contributed by atoms with Crippen LogP contribution in [0.4, 0.5) is 0 Å². The molecule has 1 fully saturated rings. The predicted molar refractivity (Wildman–Crippen MR) is 116 cm³/mol. The zero-order valence-electron chi connectivity index (χ0n) is 18.7. The highest BCUT2D eigenvalue weighted by Crippen LogP contribution is 2.15. The van der Waals surface area contributed by atoms with E-state index in [1.165, 1.54) is 19.4 Å². The van der Waals surface area contributed by atoms with Crippen LogP contribution in [0.25, 0.3) is 0 Å². The van der Waals surface area contributed by atoms with Crippen molar-refractivity contribution in [2.75, 3.05) is 39.3 Å². The summed E-state index contributed by atoms with van der Waals surface area (Å²) < 4.78 is 1.95. The van der Waals surface area contributed by atoms with Crippen molar-refractivity contribution in [2.45, 2.75) is 59.5 Å². The first kappa shape index (κ1) is 23.1. The van der Waals surface area contributed by atoms with E-state index in [-0.39, 0.29) is 5.91 Å². The fraction of sp³-hybridized carbons (Fsp3) is 0.800. The molecule has 0 spiro atoms. The summed E-state index contributed by atoms with van der Waals surface area (Å²) in [6, 6.07) is 0.529. The maximum absolute atomic E-state index is 12.3. The Labute approximate surface area is 174 Å². The maximum atomic E-state index is 12.3. The number of nitrogens with one attached hydrogen (secondary N) is 2. The smallest absolute Gasteiger partial charge is 0.224 e. The van der Waals surface area contributed by atoms with E-state index in [9.17, 15) is 4.79 Å². The van der Waals surface area contributed by atoms with E-state index in [4.69, 9.17) is 0 Å². The Morgan fingerprint density at radius 3 is 2.62 bits per heavy atom. The molecular weight excluding hydrogens is 368 g/mol. The van der Waals surface area contributed by atoms with Crippen LogP contribution in [-0.4, -0.2) is 81.7 Å². The van der Waals surface area contributed by atoms with Gasteiger partial charge in [-0.25, -0.2) is 4.99 Å². The van der Waals surface area contributed by atoms with Crippen LogP contribution in [0.3, 0.4) is 0 Å². The fourth-order valence-electron chi connectivity index (χ4n) is 3.69. The van der Waals surface area contributed by atoms with Crippen molar-refractivity contribution < 1.29 is 4.79 Å². The first-order chi connectivity index (χ1) is 14.0. The Bertz CT molecular complexity index is 667. The van der Waals surface area contributed by atoms with Crippen molar-refractivity contribution in [1.82, 2.24) is 35.2 Å². The number of guanidine groups is 1. The molecule has 0 aromatic carbocycles. The molecule has 1 amide bonds. The number of hydrogen-bond donors (Lipinski definition) is 2. The summed E-state index contributed by atoms with van der Waals surface area (Å²) in [5.41, 5.74) is 0. The molecule has 9 heteroatoms. The van der Waals surface area contributed by atoms with E-state index in [2.05, 4.69) is 37.6 Å². The largest absolute Gasteiger partial charge is 0.356 e. The molecule has 1 aromatic heterocycles. The Kier molecular flexibility index (Phi) is 9.37. The highest BCUT2D eigenvalue weighted by Gasteiger charge is 2.23. The van der Waals surface area contributed by atoms with Crippen molar-refractivity contribution in [3.63, 3.8) is 0 Å². The minimum atomic E-state index is 0.165. The number of aryl methyl sites for hydroxylation is 1. The van der Waals surface area contributed by atoms with E-state index in [0.717, 1.165) is 43.8 Å². The molecule has 1 aliphatic rings. The molecule has 1 atom stereocenters. The van der Waals surface area contributed by atoms with Gasteiger partial charge in [-0.1, -0.05) is 6.92 Å². The minimum absolute atomic E-state index is 0.165. The third-order valence-corrected chi connectivity index (χ3v) is 5.72. The van der Waals surface area contributed by atoms with Gasteiger partial charge >= 0.3 is 0 Å². The van der Waals surface area contributed by atoms with Crippen LogP contribution >= 0.6 is 0 Å². The summed E-state index contributed by atoms with van der Waals surface area (Å²) in [6.45, 7) is 13.7. The number of carbonyl (C=O) groups excluding carboxylic acids is 1. The van der Waals surface area contributed by atoms with Gasteiger partial charge in [-0.05, 0) is 46.7 Å². The van der Waals surface area contributed by atoms with Crippen LogP contribution in [-0.2, 0) is 18.4 Å². The highest BCUT2D eigenvalue weighted by molar-refractivity contribution is 5.81.